The Morgan fingerprint density at radius 1 is 1.22 bits per heavy atom. The van der Waals surface area contributed by atoms with E-state index >= 15 is 0 Å². The maximum absolute atomic E-state index is 12.3. The minimum atomic E-state index is -0.0701. The Balaban J connectivity index is 1.85. The van der Waals surface area contributed by atoms with E-state index in [0.29, 0.717) is 0 Å². The normalized spacial score (nSPS) is 29.1. The zero-order chi connectivity index (χ0) is 12.8. The Kier molecular flexibility index (Phi) is 5.01. The molecule has 2 N–H and O–H groups in total. The van der Waals surface area contributed by atoms with Gasteiger partial charge in [0.2, 0.25) is 5.91 Å². The number of carbonyl (C=O) groups excluding carboxylic acids is 1. The molecule has 2 saturated heterocycles. The molecule has 0 aromatic carbocycles. The van der Waals surface area contributed by atoms with E-state index in [9.17, 15) is 4.79 Å². The molecule has 0 spiro atoms. The van der Waals surface area contributed by atoms with Gasteiger partial charge in [0.1, 0.15) is 0 Å². The van der Waals surface area contributed by atoms with Crippen LogP contribution in [0.5, 0.6) is 0 Å². The lowest BCUT2D eigenvalue weighted by molar-refractivity contribution is -0.126. The highest BCUT2D eigenvalue weighted by atomic mass is 16.5. The largest absolute Gasteiger partial charge is 0.381 e. The van der Waals surface area contributed by atoms with Gasteiger partial charge in [-0.25, -0.2) is 0 Å². The topological polar surface area (TPSA) is 50.4 Å². The summed E-state index contributed by atoms with van der Waals surface area (Å²) in [6.45, 7) is 4.62. The van der Waals surface area contributed by atoms with Gasteiger partial charge in [0.15, 0.2) is 0 Å². The number of hydrogen-bond acceptors (Lipinski definition) is 3. The Hall–Kier alpha value is -0.610. The van der Waals surface area contributed by atoms with Crippen LogP contribution >= 0.6 is 0 Å². The van der Waals surface area contributed by atoms with Crippen LogP contribution in [0.1, 0.15) is 51.9 Å². The van der Waals surface area contributed by atoms with Crippen molar-refractivity contribution < 1.29 is 9.53 Å². The van der Waals surface area contributed by atoms with Crippen LogP contribution in [0.4, 0.5) is 0 Å². The third-order valence-corrected chi connectivity index (χ3v) is 4.15. The fraction of sp³-hybridized carbons (Fsp3) is 0.929. The van der Waals surface area contributed by atoms with Gasteiger partial charge in [0.25, 0.3) is 0 Å². The Bertz CT molecular complexity index is 267. The highest BCUT2D eigenvalue weighted by molar-refractivity contribution is 5.82. The van der Waals surface area contributed by atoms with Crippen molar-refractivity contribution >= 4 is 5.91 Å². The molecule has 2 fully saturated rings. The van der Waals surface area contributed by atoms with Crippen molar-refractivity contribution in [3.05, 3.63) is 0 Å². The van der Waals surface area contributed by atoms with Crippen molar-refractivity contribution in [2.45, 2.75) is 63.5 Å². The molecule has 4 nitrogen and oxygen atoms in total. The van der Waals surface area contributed by atoms with E-state index in [0.717, 1.165) is 45.4 Å². The maximum atomic E-state index is 12.3. The highest BCUT2D eigenvalue weighted by Crippen LogP contribution is 2.20. The van der Waals surface area contributed by atoms with Crippen molar-refractivity contribution in [3.63, 3.8) is 0 Å². The van der Waals surface area contributed by atoms with Crippen LogP contribution in [-0.2, 0) is 9.53 Å². The Morgan fingerprint density at radius 2 is 1.94 bits per heavy atom. The van der Waals surface area contributed by atoms with E-state index in [1.54, 1.807) is 0 Å². The second-order valence-corrected chi connectivity index (χ2v) is 5.87. The van der Waals surface area contributed by atoms with Crippen molar-refractivity contribution in [1.82, 2.24) is 10.6 Å². The monoisotopic (exact) mass is 254 g/mol. The quantitative estimate of drug-likeness (QED) is 0.787. The first-order valence-electron chi connectivity index (χ1n) is 7.33. The van der Waals surface area contributed by atoms with Crippen LogP contribution in [-0.4, -0.2) is 37.2 Å². The van der Waals surface area contributed by atoms with Crippen LogP contribution in [0.2, 0.25) is 0 Å². The lowest BCUT2D eigenvalue weighted by Gasteiger charge is -2.36. The highest BCUT2D eigenvalue weighted by Gasteiger charge is 2.31. The molecule has 0 radical (unpaired) electrons. The van der Waals surface area contributed by atoms with E-state index < -0.39 is 0 Å². The van der Waals surface area contributed by atoms with Gasteiger partial charge in [-0.2, -0.15) is 0 Å². The summed E-state index contributed by atoms with van der Waals surface area (Å²) in [5.74, 6) is 0.182. The molecular weight excluding hydrogens is 228 g/mol. The van der Waals surface area contributed by atoms with Crippen LogP contribution < -0.4 is 10.6 Å². The molecule has 0 aromatic heterocycles. The Labute approximate surface area is 110 Å². The van der Waals surface area contributed by atoms with E-state index in [1.165, 1.54) is 19.3 Å². The Morgan fingerprint density at radius 3 is 2.72 bits per heavy atom. The van der Waals surface area contributed by atoms with E-state index in [1.807, 2.05) is 0 Å². The average molecular weight is 254 g/mol. The summed E-state index contributed by atoms with van der Waals surface area (Å²) in [6, 6.07) is 0.00460. The van der Waals surface area contributed by atoms with Gasteiger partial charge in [0.05, 0.1) is 6.04 Å². The smallest absolute Gasteiger partial charge is 0.237 e. The first-order chi connectivity index (χ1) is 8.70. The molecule has 1 unspecified atom stereocenters. The number of nitrogens with one attached hydrogen (secondary N) is 2. The molecule has 0 aromatic rings. The summed E-state index contributed by atoms with van der Waals surface area (Å²) in [5, 5.41) is 6.62. The van der Waals surface area contributed by atoms with Crippen LogP contribution in [0, 0.1) is 0 Å². The fourth-order valence-corrected chi connectivity index (χ4v) is 2.76. The molecule has 2 aliphatic rings. The minimum absolute atomic E-state index is 0.00460. The summed E-state index contributed by atoms with van der Waals surface area (Å²) < 4.78 is 5.36. The second kappa shape index (κ2) is 6.53. The average Bonchev–Trinajstić information content (AvgIpc) is 2.28. The van der Waals surface area contributed by atoms with Crippen LogP contribution in [0.15, 0.2) is 0 Å². The molecule has 104 valence electrons. The molecule has 1 atom stereocenters. The van der Waals surface area contributed by atoms with Gasteiger partial charge in [-0.05, 0) is 39.2 Å². The summed E-state index contributed by atoms with van der Waals surface area (Å²) in [7, 11) is 0. The zero-order valence-electron chi connectivity index (χ0n) is 11.5. The standard InChI is InChI=1S/C14H26N2O2/c1-14(7-10-18-11-8-14)16-13(17)12-6-4-2-3-5-9-15-12/h12,15H,2-11H2,1H3,(H,16,17). The maximum Gasteiger partial charge on any atom is 0.237 e. The van der Waals surface area contributed by atoms with Gasteiger partial charge in [0, 0.05) is 18.8 Å². The molecule has 4 heteroatoms. The van der Waals surface area contributed by atoms with Crippen LogP contribution in [0.3, 0.4) is 0 Å². The minimum Gasteiger partial charge on any atom is -0.381 e. The third-order valence-electron chi connectivity index (χ3n) is 4.15. The van der Waals surface area contributed by atoms with E-state index in [-0.39, 0.29) is 17.5 Å². The first-order valence-corrected chi connectivity index (χ1v) is 7.33. The summed E-state index contributed by atoms with van der Waals surface area (Å²) in [6.07, 6.45) is 7.71. The lowest BCUT2D eigenvalue weighted by atomic mass is 9.91. The van der Waals surface area contributed by atoms with Crippen molar-refractivity contribution in [3.8, 4) is 0 Å². The van der Waals surface area contributed by atoms with Crippen molar-refractivity contribution in [1.29, 1.82) is 0 Å². The molecule has 0 saturated carbocycles. The van der Waals surface area contributed by atoms with Gasteiger partial charge in [-0.1, -0.05) is 19.3 Å². The number of amides is 1. The zero-order valence-corrected chi connectivity index (χ0v) is 11.5. The van der Waals surface area contributed by atoms with Gasteiger partial charge in [-0.3, -0.25) is 4.79 Å². The number of carbonyl (C=O) groups is 1. The van der Waals surface area contributed by atoms with E-state index in [2.05, 4.69) is 17.6 Å². The predicted octanol–water partition coefficient (Wildman–Crippen LogP) is 1.59. The second-order valence-electron chi connectivity index (χ2n) is 5.87. The first kappa shape index (κ1) is 13.8. The number of ether oxygens (including phenoxy) is 1. The number of hydrogen-bond donors (Lipinski definition) is 2. The van der Waals surface area contributed by atoms with Gasteiger partial charge in [-0.15, -0.1) is 0 Å². The van der Waals surface area contributed by atoms with Crippen molar-refractivity contribution in [2.24, 2.45) is 0 Å². The van der Waals surface area contributed by atoms with Crippen LogP contribution in [0.25, 0.3) is 0 Å². The molecule has 1 amide bonds. The third kappa shape index (κ3) is 3.95. The lowest BCUT2D eigenvalue weighted by Crippen LogP contribution is -2.55. The molecule has 2 rings (SSSR count). The fourth-order valence-electron chi connectivity index (χ4n) is 2.76. The predicted molar refractivity (Wildman–Crippen MR) is 71.5 cm³/mol. The number of rotatable bonds is 2. The van der Waals surface area contributed by atoms with Crippen molar-refractivity contribution in [2.75, 3.05) is 19.8 Å². The van der Waals surface area contributed by atoms with Gasteiger partial charge >= 0.3 is 0 Å². The molecule has 2 heterocycles. The summed E-state index contributed by atoms with van der Waals surface area (Å²) in [4.78, 5) is 12.3. The summed E-state index contributed by atoms with van der Waals surface area (Å²) in [5.41, 5.74) is -0.0701. The summed E-state index contributed by atoms with van der Waals surface area (Å²) >= 11 is 0. The van der Waals surface area contributed by atoms with Gasteiger partial charge < -0.3 is 15.4 Å². The molecule has 18 heavy (non-hydrogen) atoms. The SMILES string of the molecule is CC1(NC(=O)C2CCCCCCN2)CCOCC1. The molecular formula is C14H26N2O2. The molecule has 0 bridgehead atoms. The van der Waals surface area contributed by atoms with E-state index in [4.69, 9.17) is 4.74 Å². The molecule has 2 aliphatic heterocycles. The molecule has 0 aliphatic carbocycles.